The van der Waals surface area contributed by atoms with Crippen molar-refractivity contribution in [3.63, 3.8) is 0 Å². The smallest absolute Gasteiger partial charge is 0.319 e. The number of aromatic hydroxyl groups is 1. The lowest BCUT2D eigenvalue weighted by Gasteiger charge is -1.90. The molecule has 2 heteroatoms. The van der Waals surface area contributed by atoms with E-state index in [1.807, 2.05) is 13.0 Å². The maximum atomic E-state index is 9.23. The Morgan fingerprint density at radius 3 is 2.82 bits per heavy atom. The van der Waals surface area contributed by atoms with Crippen molar-refractivity contribution in [2.45, 2.75) is 6.92 Å². The number of carbonyl (C=O) groups excluding carboxylic acids is 1. The van der Waals surface area contributed by atoms with Crippen molar-refractivity contribution >= 4 is 6.29 Å². The fraction of sp³-hybridized carbons (Fsp3) is 0.222. The lowest BCUT2D eigenvalue weighted by atomic mass is 10.2. The van der Waals surface area contributed by atoms with Crippen LogP contribution in [0, 0.1) is 0 Å². The summed E-state index contributed by atoms with van der Waals surface area (Å²) in [6.07, 6.45) is 1.55. The monoisotopic (exact) mass is 151 g/mol. The Balaban J connectivity index is 2.86. The highest BCUT2D eigenvalue weighted by molar-refractivity contribution is 5.79. The second-order valence-electron chi connectivity index (χ2n) is 2.13. The summed E-state index contributed by atoms with van der Waals surface area (Å²) in [5.74, 6) is 0.251. The van der Waals surface area contributed by atoms with Crippen LogP contribution in [0.2, 0.25) is 0 Å². The first kappa shape index (κ1) is 7.79. The van der Waals surface area contributed by atoms with E-state index in [1.54, 1.807) is 24.5 Å². The molecule has 1 N–H and O–H groups in total. The van der Waals surface area contributed by atoms with Gasteiger partial charge in [-0.1, -0.05) is 12.1 Å². The normalized spacial score (nSPS) is 10.6. The highest BCUT2D eigenvalue weighted by Gasteiger charge is 1.99. The van der Waals surface area contributed by atoms with E-state index >= 15 is 0 Å². The second kappa shape index (κ2) is 3.76. The Bertz CT molecular complexity index is 253. The highest BCUT2D eigenvalue weighted by atomic mass is 16.4. The van der Waals surface area contributed by atoms with Gasteiger partial charge in [-0.3, -0.25) is 4.42 Å². The number of hydrogen-bond donors (Lipinski definition) is 1. The number of rotatable bonds is 2. The Morgan fingerprint density at radius 2 is 2.18 bits per heavy atom. The average molecular weight is 151 g/mol. The van der Waals surface area contributed by atoms with E-state index < -0.39 is 0 Å². The molecule has 1 rings (SSSR count). The Labute approximate surface area is 65.8 Å². The fourth-order valence-corrected chi connectivity index (χ4v) is 0.760. The predicted molar refractivity (Wildman–Crippen MR) is 44.0 cm³/mol. The standard InChI is InChI=1S/C9H10O2/c1-2-11-7-8-5-3-4-6-9(8)10/h3-7H,2H2,1H3/p+1. The molecule has 0 radical (unpaired) electrons. The molecular formula is C9H11O2+. The summed E-state index contributed by atoms with van der Waals surface area (Å²) >= 11 is 0. The van der Waals surface area contributed by atoms with Gasteiger partial charge >= 0.3 is 6.29 Å². The Kier molecular flexibility index (Phi) is 2.66. The summed E-state index contributed by atoms with van der Waals surface area (Å²) in [5.41, 5.74) is 0.717. The van der Waals surface area contributed by atoms with E-state index in [9.17, 15) is 5.11 Å². The van der Waals surface area contributed by atoms with Gasteiger partial charge in [0.1, 0.15) is 11.3 Å². The van der Waals surface area contributed by atoms with Crippen LogP contribution in [0.25, 0.3) is 0 Å². The minimum atomic E-state index is 0.251. The minimum Gasteiger partial charge on any atom is -0.507 e. The van der Waals surface area contributed by atoms with Gasteiger partial charge in [-0.05, 0) is 12.1 Å². The third-order valence-corrected chi connectivity index (χ3v) is 1.31. The van der Waals surface area contributed by atoms with Crippen molar-refractivity contribution in [2.75, 3.05) is 6.61 Å². The topological polar surface area (TPSA) is 31.5 Å². The lowest BCUT2D eigenvalue weighted by molar-refractivity contribution is -0.257. The first-order chi connectivity index (χ1) is 5.34. The van der Waals surface area contributed by atoms with Gasteiger partial charge in [-0.15, -0.1) is 0 Å². The maximum Gasteiger partial charge on any atom is 0.319 e. The average Bonchev–Trinajstić information content (AvgIpc) is 2.03. The molecule has 0 aliphatic rings. The number of para-hydroxylation sites is 1. The lowest BCUT2D eigenvalue weighted by Crippen LogP contribution is -1.82. The Hall–Kier alpha value is -1.31. The molecule has 0 saturated heterocycles. The van der Waals surface area contributed by atoms with Crippen molar-refractivity contribution in [2.24, 2.45) is 0 Å². The molecule has 2 nitrogen and oxygen atoms in total. The molecule has 58 valence electrons. The molecule has 0 aliphatic carbocycles. The van der Waals surface area contributed by atoms with Gasteiger partial charge in [0, 0.05) is 6.92 Å². The third kappa shape index (κ3) is 2.08. The van der Waals surface area contributed by atoms with E-state index in [4.69, 9.17) is 4.42 Å². The number of hydrogen-bond acceptors (Lipinski definition) is 1. The van der Waals surface area contributed by atoms with Crippen LogP contribution in [0.5, 0.6) is 5.75 Å². The molecule has 0 aromatic heterocycles. The van der Waals surface area contributed by atoms with Crippen LogP contribution >= 0.6 is 0 Å². The van der Waals surface area contributed by atoms with Crippen LogP contribution in [0.1, 0.15) is 16.9 Å². The van der Waals surface area contributed by atoms with Crippen LogP contribution < -0.4 is 0 Å². The van der Waals surface area contributed by atoms with E-state index in [0.29, 0.717) is 12.2 Å². The van der Waals surface area contributed by atoms with Gasteiger partial charge < -0.3 is 5.11 Å². The number of phenols is 1. The molecule has 1 aromatic carbocycles. The molecule has 0 heterocycles. The van der Waals surface area contributed by atoms with Crippen molar-refractivity contribution in [3.05, 3.63) is 29.8 Å². The predicted octanol–water partition coefficient (Wildman–Crippen LogP) is 1.76. The molecule has 0 saturated carbocycles. The van der Waals surface area contributed by atoms with Crippen molar-refractivity contribution in [1.82, 2.24) is 0 Å². The fourth-order valence-electron chi connectivity index (χ4n) is 0.760. The van der Waals surface area contributed by atoms with Crippen LogP contribution in [0.15, 0.2) is 24.3 Å². The van der Waals surface area contributed by atoms with Crippen LogP contribution in [-0.4, -0.2) is 18.0 Å². The summed E-state index contributed by atoms with van der Waals surface area (Å²) in [6.45, 7) is 2.52. The van der Waals surface area contributed by atoms with E-state index in [1.165, 1.54) is 0 Å². The van der Waals surface area contributed by atoms with Gasteiger partial charge in [-0.2, -0.15) is 0 Å². The molecule has 0 spiro atoms. The number of aldehydes is 1. The highest BCUT2D eigenvalue weighted by Crippen LogP contribution is 2.12. The van der Waals surface area contributed by atoms with Crippen molar-refractivity contribution in [3.8, 4) is 5.75 Å². The van der Waals surface area contributed by atoms with E-state index in [-0.39, 0.29) is 5.75 Å². The first-order valence-corrected chi connectivity index (χ1v) is 3.57. The summed E-state index contributed by atoms with van der Waals surface area (Å²) < 4.78 is 5.02. The summed E-state index contributed by atoms with van der Waals surface area (Å²) in [5, 5.41) is 9.23. The van der Waals surface area contributed by atoms with E-state index in [2.05, 4.69) is 0 Å². The van der Waals surface area contributed by atoms with Gasteiger partial charge in [-0.25, -0.2) is 0 Å². The second-order valence-corrected chi connectivity index (χ2v) is 2.13. The first-order valence-electron chi connectivity index (χ1n) is 3.57. The quantitative estimate of drug-likeness (QED) is 0.507. The van der Waals surface area contributed by atoms with Crippen molar-refractivity contribution < 1.29 is 9.53 Å². The van der Waals surface area contributed by atoms with Crippen LogP contribution in [0.3, 0.4) is 0 Å². The molecule has 0 amide bonds. The SMILES string of the molecule is CC[O+]=Cc1ccccc1O. The minimum absolute atomic E-state index is 0.251. The molecule has 1 aromatic rings. The Morgan fingerprint density at radius 1 is 1.45 bits per heavy atom. The van der Waals surface area contributed by atoms with E-state index in [0.717, 1.165) is 0 Å². The molecule has 11 heavy (non-hydrogen) atoms. The number of benzene rings is 1. The maximum absolute atomic E-state index is 9.23. The van der Waals surface area contributed by atoms with Crippen LogP contribution in [-0.2, 0) is 0 Å². The number of phenolic OH excluding ortho intramolecular Hbond substituents is 1. The molecule has 0 atom stereocenters. The largest absolute Gasteiger partial charge is 0.507 e. The molecule has 0 bridgehead atoms. The molecular weight excluding hydrogens is 140 g/mol. The van der Waals surface area contributed by atoms with Crippen LogP contribution in [0.4, 0.5) is 0 Å². The van der Waals surface area contributed by atoms with Gasteiger partial charge in [0.25, 0.3) is 6.61 Å². The van der Waals surface area contributed by atoms with Gasteiger partial charge in [0.2, 0.25) is 0 Å². The van der Waals surface area contributed by atoms with Gasteiger partial charge in [0.15, 0.2) is 0 Å². The summed E-state index contributed by atoms with van der Waals surface area (Å²) in [4.78, 5) is 0. The molecule has 0 unspecified atom stereocenters. The summed E-state index contributed by atoms with van der Waals surface area (Å²) in [7, 11) is 0. The summed E-state index contributed by atoms with van der Waals surface area (Å²) in [6, 6.07) is 7.05. The van der Waals surface area contributed by atoms with Gasteiger partial charge in [0.05, 0.1) is 0 Å². The zero-order valence-corrected chi connectivity index (χ0v) is 6.45. The molecule has 0 fully saturated rings. The zero-order valence-electron chi connectivity index (χ0n) is 6.45. The van der Waals surface area contributed by atoms with Crippen molar-refractivity contribution in [1.29, 1.82) is 0 Å². The molecule has 0 aliphatic heterocycles. The zero-order chi connectivity index (χ0) is 8.10. The third-order valence-electron chi connectivity index (χ3n) is 1.31.